The lowest BCUT2D eigenvalue weighted by Crippen LogP contribution is -2.30. The number of carbonyl (C=O) groups is 3. The number of fused-ring (bicyclic) bond motifs is 4. The molecule has 0 spiro atoms. The lowest BCUT2D eigenvalue weighted by Gasteiger charge is -2.19. The third-order valence-electron chi connectivity index (χ3n) is 7.42. The van der Waals surface area contributed by atoms with Gasteiger partial charge in [0.05, 0.1) is 57.3 Å². The van der Waals surface area contributed by atoms with E-state index >= 15 is 0 Å². The monoisotopic (exact) mass is 580 g/mol. The predicted molar refractivity (Wildman–Crippen MR) is 154 cm³/mol. The number of amides is 2. The number of H-pyrrole nitrogens is 2. The molecule has 0 radical (unpaired) electrons. The van der Waals surface area contributed by atoms with Crippen LogP contribution in [0.2, 0.25) is 0 Å². The van der Waals surface area contributed by atoms with Gasteiger partial charge in [0.1, 0.15) is 5.69 Å². The van der Waals surface area contributed by atoms with Crippen LogP contribution in [-0.2, 0) is 4.74 Å². The molecule has 1 unspecified atom stereocenters. The molecule has 0 bridgehead atoms. The van der Waals surface area contributed by atoms with Crippen LogP contribution in [0, 0.1) is 6.92 Å². The molecule has 0 fully saturated rings. The van der Waals surface area contributed by atoms with Crippen LogP contribution in [0.25, 0.3) is 21.8 Å². The molecule has 1 aliphatic rings. The third kappa shape index (κ3) is 4.33. The zero-order chi connectivity index (χ0) is 30.5. The number of ether oxygens (including phenoxy) is 5. The van der Waals surface area contributed by atoms with Crippen LogP contribution in [0.5, 0.6) is 23.0 Å². The molecular formula is C29H32N4O9. The number of nitrogens with zero attached hydrogens (tertiary/aromatic N) is 2. The maximum Gasteiger partial charge on any atom is 0.414 e. The molecule has 3 N–H and O–H groups in total. The Bertz CT molecular complexity index is 1740. The highest BCUT2D eigenvalue weighted by molar-refractivity contribution is 6.15. The average Bonchev–Trinajstić information content (AvgIpc) is 3.67. The Kier molecular flexibility index (Phi) is 7.37. The van der Waals surface area contributed by atoms with Gasteiger partial charge in [-0.3, -0.25) is 4.79 Å². The van der Waals surface area contributed by atoms with Crippen LogP contribution < -0.4 is 23.8 Å². The number of hydrogen-bond acceptors (Lipinski definition) is 9. The number of carbonyl (C=O) groups excluding carboxylic acids is 3. The highest BCUT2D eigenvalue weighted by Gasteiger charge is 2.39. The van der Waals surface area contributed by atoms with Crippen molar-refractivity contribution < 1.29 is 43.2 Å². The Hall–Kier alpha value is -4.91. The van der Waals surface area contributed by atoms with E-state index < -0.39 is 23.9 Å². The minimum atomic E-state index is -0.650. The van der Waals surface area contributed by atoms with Gasteiger partial charge in [-0.05, 0) is 24.6 Å². The quantitative estimate of drug-likeness (QED) is 0.278. The summed E-state index contributed by atoms with van der Waals surface area (Å²) >= 11 is 0. The fourth-order valence-electron chi connectivity index (χ4n) is 5.50. The molecule has 13 nitrogen and oxygen atoms in total. The van der Waals surface area contributed by atoms with Crippen LogP contribution in [0.15, 0.2) is 18.2 Å². The summed E-state index contributed by atoms with van der Waals surface area (Å²) in [5.74, 6) is -0.282. The molecule has 3 heterocycles. The maximum atomic E-state index is 14.1. The third-order valence-corrected chi connectivity index (χ3v) is 7.42. The number of aryl methyl sites for hydroxylation is 1. The first-order chi connectivity index (χ1) is 20.1. The first-order valence-corrected chi connectivity index (χ1v) is 13.0. The summed E-state index contributed by atoms with van der Waals surface area (Å²) in [6.07, 6.45) is -0.650. The van der Waals surface area contributed by atoms with Crippen molar-refractivity contribution in [3.8, 4) is 23.0 Å². The molecule has 0 aliphatic carbocycles. The van der Waals surface area contributed by atoms with Crippen LogP contribution in [0.4, 0.5) is 10.5 Å². The van der Waals surface area contributed by atoms with E-state index in [0.717, 1.165) is 0 Å². The first-order valence-electron chi connectivity index (χ1n) is 13.0. The van der Waals surface area contributed by atoms with E-state index in [0.29, 0.717) is 56.0 Å². The minimum Gasteiger partial charge on any atom is -0.493 e. The van der Waals surface area contributed by atoms with E-state index in [2.05, 4.69) is 9.97 Å². The van der Waals surface area contributed by atoms with Gasteiger partial charge in [0.2, 0.25) is 5.75 Å². The van der Waals surface area contributed by atoms with Gasteiger partial charge < -0.3 is 48.6 Å². The second kappa shape index (κ2) is 10.8. The van der Waals surface area contributed by atoms with Crippen molar-refractivity contribution >= 4 is 45.5 Å². The summed E-state index contributed by atoms with van der Waals surface area (Å²) in [5.41, 5.74) is 2.80. The second-order valence-electron chi connectivity index (χ2n) is 10.0. The number of esters is 1. The maximum absolute atomic E-state index is 14.1. The van der Waals surface area contributed by atoms with Gasteiger partial charge in [0, 0.05) is 49.1 Å². The molecule has 0 saturated heterocycles. The van der Waals surface area contributed by atoms with Gasteiger partial charge >= 0.3 is 12.1 Å². The normalized spacial score (nSPS) is 14.2. The molecule has 13 heteroatoms. The van der Waals surface area contributed by atoms with E-state index in [1.165, 1.54) is 38.2 Å². The topological polar surface area (TPSA) is 156 Å². The SMILES string of the molecule is COC(=O)c1c(C)[nH]c2c(OC(=O)N(C)C)cc3c(c12)C(CO)CN3C(=O)c1cc2cc(OC)c(OC)c(OC)c2[nH]1. The molecular weight excluding hydrogens is 548 g/mol. The lowest BCUT2D eigenvalue weighted by molar-refractivity contribution is 0.0602. The largest absolute Gasteiger partial charge is 0.493 e. The minimum absolute atomic E-state index is 0.106. The van der Waals surface area contributed by atoms with Crippen LogP contribution in [0.3, 0.4) is 0 Å². The molecule has 0 saturated carbocycles. The smallest absolute Gasteiger partial charge is 0.414 e. The zero-order valence-electron chi connectivity index (χ0n) is 24.3. The summed E-state index contributed by atoms with van der Waals surface area (Å²) < 4.78 is 27.2. The van der Waals surface area contributed by atoms with E-state index in [-0.39, 0.29) is 30.2 Å². The van der Waals surface area contributed by atoms with Gasteiger partial charge in [-0.25, -0.2) is 9.59 Å². The summed E-state index contributed by atoms with van der Waals surface area (Å²) in [6, 6.07) is 4.96. The zero-order valence-corrected chi connectivity index (χ0v) is 24.3. The molecule has 4 aromatic rings. The molecule has 2 aromatic carbocycles. The fourth-order valence-corrected chi connectivity index (χ4v) is 5.50. The lowest BCUT2D eigenvalue weighted by atomic mass is 9.95. The number of benzene rings is 2. The predicted octanol–water partition coefficient (Wildman–Crippen LogP) is 3.57. The number of nitrogens with one attached hydrogen (secondary N) is 2. The molecule has 42 heavy (non-hydrogen) atoms. The van der Waals surface area contributed by atoms with Gasteiger partial charge in [-0.2, -0.15) is 0 Å². The number of rotatable bonds is 7. The van der Waals surface area contributed by atoms with Crippen LogP contribution in [-0.4, -0.2) is 93.6 Å². The summed E-state index contributed by atoms with van der Waals surface area (Å²) in [6.45, 7) is 1.50. The number of aliphatic hydroxyl groups excluding tert-OH is 1. The number of methoxy groups -OCH3 is 4. The molecule has 1 aliphatic heterocycles. The molecule has 1 atom stereocenters. The van der Waals surface area contributed by atoms with E-state index in [1.54, 1.807) is 39.2 Å². The Morgan fingerprint density at radius 3 is 2.29 bits per heavy atom. The van der Waals surface area contributed by atoms with Crippen molar-refractivity contribution in [2.45, 2.75) is 12.8 Å². The van der Waals surface area contributed by atoms with Crippen molar-refractivity contribution in [3.05, 3.63) is 40.7 Å². The Morgan fingerprint density at radius 1 is 0.976 bits per heavy atom. The molecule has 5 rings (SSSR count). The second-order valence-corrected chi connectivity index (χ2v) is 10.0. The van der Waals surface area contributed by atoms with E-state index in [9.17, 15) is 19.5 Å². The van der Waals surface area contributed by atoms with Gasteiger partial charge in [-0.1, -0.05) is 0 Å². The average molecular weight is 581 g/mol. The van der Waals surface area contributed by atoms with Gasteiger partial charge in [-0.15, -0.1) is 0 Å². The van der Waals surface area contributed by atoms with Crippen molar-refractivity contribution in [2.75, 3.05) is 60.6 Å². The highest BCUT2D eigenvalue weighted by Crippen LogP contribution is 2.48. The van der Waals surface area contributed by atoms with E-state index in [1.807, 2.05) is 0 Å². The Balaban J connectivity index is 1.72. The van der Waals surface area contributed by atoms with E-state index in [4.69, 9.17) is 23.7 Å². The van der Waals surface area contributed by atoms with Gasteiger partial charge in [0.15, 0.2) is 17.2 Å². The molecule has 222 valence electrons. The van der Waals surface area contributed by atoms with Gasteiger partial charge in [0.25, 0.3) is 5.91 Å². The standard InChI is InChI=1S/C29H32N4O9/c1-13-20(28(36)41-7)22-21-15(12-34)11-33(17(21)10-18(24(22)30-13)42-29(37)32(2)3)27(35)16-8-14-9-19(38-4)25(39-5)26(40-6)23(14)31-16/h8-10,15,30-31,34H,11-12H2,1-7H3. The summed E-state index contributed by atoms with van der Waals surface area (Å²) in [5, 5.41) is 11.5. The Labute approximate surface area is 240 Å². The number of aromatic nitrogens is 2. The molecule has 2 aromatic heterocycles. The van der Waals surface area contributed by atoms with Crippen molar-refractivity contribution in [1.82, 2.24) is 14.9 Å². The summed E-state index contributed by atoms with van der Waals surface area (Å²) in [4.78, 5) is 48.6. The Morgan fingerprint density at radius 2 is 1.69 bits per heavy atom. The van der Waals surface area contributed by atoms with Crippen molar-refractivity contribution in [2.24, 2.45) is 0 Å². The fraction of sp³-hybridized carbons (Fsp3) is 0.345. The number of aromatic amines is 2. The first kappa shape index (κ1) is 28.6. The highest BCUT2D eigenvalue weighted by atomic mass is 16.6. The van der Waals surface area contributed by atoms with Crippen molar-refractivity contribution in [1.29, 1.82) is 0 Å². The number of aliphatic hydroxyl groups is 1. The number of anilines is 1. The van der Waals surface area contributed by atoms with Crippen LogP contribution >= 0.6 is 0 Å². The molecule has 2 amide bonds. The van der Waals surface area contributed by atoms with Crippen LogP contribution in [0.1, 0.15) is 38.0 Å². The summed E-state index contributed by atoms with van der Waals surface area (Å²) in [7, 11) is 8.83. The number of hydrogen-bond donors (Lipinski definition) is 3. The van der Waals surface area contributed by atoms with Crippen molar-refractivity contribution in [3.63, 3.8) is 0 Å².